The van der Waals surface area contributed by atoms with Crippen LogP contribution in [-0.2, 0) is 9.57 Å². The zero-order valence-corrected chi connectivity index (χ0v) is 4.80. The van der Waals surface area contributed by atoms with Gasteiger partial charge >= 0.3 is 0 Å². The number of nitrogens with two attached hydrogens (primary N) is 1. The fraction of sp³-hybridized carbons (Fsp3) is 1.00. The minimum Gasteiger partial charge on any atom is -0.376 e. The molecule has 1 saturated carbocycles. The van der Waals surface area contributed by atoms with Gasteiger partial charge < -0.3 is 9.57 Å². The molecule has 0 aliphatic heterocycles. The lowest BCUT2D eigenvalue weighted by molar-refractivity contribution is 0.0401. The van der Waals surface area contributed by atoms with Crippen LogP contribution in [0.2, 0.25) is 0 Å². The van der Waals surface area contributed by atoms with Crippen molar-refractivity contribution in [3.63, 3.8) is 0 Å². The van der Waals surface area contributed by atoms with Crippen molar-refractivity contribution in [2.45, 2.75) is 18.9 Å². The molecule has 1 rings (SSSR count). The van der Waals surface area contributed by atoms with Gasteiger partial charge in [0.05, 0.1) is 19.3 Å². The van der Waals surface area contributed by atoms with Crippen LogP contribution in [0.1, 0.15) is 12.8 Å². The van der Waals surface area contributed by atoms with Crippen molar-refractivity contribution in [2.75, 3.05) is 13.2 Å². The summed E-state index contributed by atoms with van der Waals surface area (Å²) in [6, 6.07) is 0. The number of rotatable bonds is 4. The Morgan fingerprint density at radius 1 is 1.38 bits per heavy atom. The summed E-state index contributed by atoms with van der Waals surface area (Å²) in [4.78, 5) is 4.30. The van der Waals surface area contributed by atoms with Crippen LogP contribution in [0, 0.1) is 0 Å². The van der Waals surface area contributed by atoms with Gasteiger partial charge in [0.25, 0.3) is 0 Å². The molecule has 0 saturated heterocycles. The van der Waals surface area contributed by atoms with Gasteiger partial charge in [0, 0.05) is 0 Å². The molecule has 1 aliphatic carbocycles. The molecule has 48 valence electrons. The molecule has 0 heterocycles. The van der Waals surface area contributed by atoms with Crippen molar-refractivity contribution < 1.29 is 9.57 Å². The summed E-state index contributed by atoms with van der Waals surface area (Å²) < 4.78 is 5.19. The average Bonchev–Trinajstić information content (AvgIpc) is 2.51. The van der Waals surface area contributed by atoms with Gasteiger partial charge in [0.2, 0.25) is 0 Å². The van der Waals surface area contributed by atoms with Crippen LogP contribution in [0.4, 0.5) is 0 Å². The predicted molar refractivity (Wildman–Crippen MR) is 29.1 cm³/mol. The highest BCUT2D eigenvalue weighted by molar-refractivity contribution is 4.72. The van der Waals surface area contributed by atoms with Gasteiger partial charge in [-0.15, -0.1) is 0 Å². The smallest absolute Gasteiger partial charge is 0.0913 e. The monoisotopic (exact) mass is 117 g/mol. The average molecular weight is 117 g/mol. The highest BCUT2D eigenvalue weighted by Gasteiger charge is 2.21. The Kier molecular flexibility index (Phi) is 2.27. The van der Waals surface area contributed by atoms with Gasteiger partial charge in [0.15, 0.2) is 0 Å². The molecule has 0 unspecified atom stereocenters. The molecule has 0 radical (unpaired) electrons. The first-order chi connectivity index (χ1) is 3.93. The molecule has 0 atom stereocenters. The van der Waals surface area contributed by atoms with E-state index in [2.05, 4.69) is 4.84 Å². The molecule has 3 heteroatoms. The summed E-state index contributed by atoms with van der Waals surface area (Å²) in [5.74, 6) is 4.76. The van der Waals surface area contributed by atoms with Crippen molar-refractivity contribution in [3.05, 3.63) is 0 Å². The molecule has 1 fully saturated rings. The molecule has 3 nitrogen and oxygen atoms in total. The second kappa shape index (κ2) is 3.02. The van der Waals surface area contributed by atoms with E-state index in [1.807, 2.05) is 0 Å². The largest absolute Gasteiger partial charge is 0.376 e. The zero-order chi connectivity index (χ0) is 5.82. The summed E-state index contributed by atoms with van der Waals surface area (Å²) >= 11 is 0. The summed E-state index contributed by atoms with van der Waals surface area (Å²) in [6.45, 7) is 1.15. The molecule has 0 aromatic rings. The van der Waals surface area contributed by atoms with E-state index in [9.17, 15) is 0 Å². The maximum Gasteiger partial charge on any atom is 0.0913 e. The van der Waals surface area contributed by atoms with Gasteiger partial charge in [-0.25, -0.2) is 5.90 Å². The topological polar surface area (TPSA) is 44.5 Å². The Balaban J connectivity index is 1.74. The Hall–Kier alpha value is -0.120. The van der Waals surface area contributed by atoms with Crippen molar-refractivity contribution in [2.24, 2.45) is 5.90 Å². The number of hydrogen-bond donors (Lipinski definition) is 1. The molecule has 0 amide bonds. The van der Waals surface area contributed by atoms with E-state index in [0.29, 0.717) is 19.3 Å². The Morgan fingerprint density at radius 3 is 2.62 bits per heavy atom. The lowest BCUT2D eigenvalue weighted by Crippen LogP contribution is -2.08. The lowest BCUT2D eigenvalue weighted by Gasteiger charge is -1.97. The van der Waals surface area contributed by atoms with Crippen molar-refractivity contribution >= 4 is 0 Å². The molecule has 2 N–H and O–H groups in total. The number of ether oxygens (including phenoxy) is 1. The second-order valence-corrected chi connectivity index (χ2v) is 1.94. The highest BCUT2D eigenvalue weighted by Crippen LogP contribution is 2.22. The fourth-order valence-electron chi connectivity index (χ4n) is 0.498. The van der Waals surface area contributed by atoms with E-state index in [1.165, 1.54) is 12.8 Å². The summed E-state index contributed by atoms with van der Waals surface area (Å²) in [5.41, 5.74) is 0. The van der Waals surface area contributed by atoms with Crippen LogP contribution < -0.4 is 5.90 Å². The van der Waals surface area contributed by atoms with E-state index in [-0.39, 0.29) is 0 Å². The van der Waals surface area contributed by atoms with Gasteiger partial charge in [-0.1, -0.05) is 0 Å². The summed E-state index contributed by atoms with van der Waals surface area (Å²) in [7, 11) is 0. The lowest BCUT2D eigenvalue weighted by atomic mass is 10.7. The van der Waals surface area contributed by atoms with E-state index in [0.717, 1.165) is 0 Å². The minimum atomic E-state index is 0.510. The third-order valence-corrected chi connectivity index (χ3v) is 1.08. The van der Waals surface area contributed by atoms with E-state index in [4.69, 9.17) is 10.6 Å². The minimum absolute atomic E-state index is 0.510. The molecule has 1 aliphatic rings. The quantitative estimate of drug-likeness (QED) is 0.418. The molecule has 0 spiro atoms. The van der Waals surface area contributed by atoms with Crippen LogP contribution in [0.25, 0.3) is 0 Å². The standard InChI is InChI=1S/C5H11NO2/c6-8-4-3-7-5-1-2-5/h5H,1-4,6H2. The van der Waals surface area contributed by atoms with E-state index >= 15 is 0 Å². The second-order valence-electron chi connectivity index (χ2n) is 1.94. The van der Waals surface area contributed by atoms with Crippen LogP contribution in [0.5, 0.6) is 0 Å². The molecular weight excluding hydrogens is 106 g/mol. The normalized spacial score (nSPS) is 19.1. The third-order valence-electron chi connectivity index (χ3n) is 1.08. The van der Waals surface area contributed by atoms with Crippen LogP contribution >= 0.6 is 0 Å². The van der Waals surface area contributed by atoms with Gasteiger partial charge in [-0.05, 0) is 12.8 Å². The first kappa shape index (κ1) is 6.01. The predicted octanol–water partition coefficient (Wildman–Crippen LogP) is 0.0557. The molecule has 0 aromatic carbocycles. The molecule has 0 bridgehead atoms. The summed E-state index contributed by atoms with van der Waals surface area (Å²) in [6.07, 6.45) is 2.94. The Bertz CT molecular complexity index is 63.4. The van der Waals surface area contributed by atoms with Crippen LogP contribution in [0.3, 0.4) is 0 Å². The van der Waals surface area contributed by atoms with E-state index < -0.39 is 0 Å². The van der Waals surface area contributed by atoms with Gasteiger partial charge in [-0.2, -0.15) is 0 Å². The van der Waals surface area contributed by atoms with Gasteiger partial charge in [0.1, 0.15) is 0 Å². The Morgan fingerprint density at radius 2 is 2.12 bits per heavy atom. The third kappa shape index (κ3) is 2.26. The van der Waals surface area contributed by atoms with Crippen molar-refractivity contribution in [3.8, 4) is 0 Å². The van der Waals surface area contributed by atoms with Crippen LogP contribution in [-0.4, -0.2) is 19.3 Å². The van der Waals surface area contributed by atoms with Crippen molar-refractivity contribution in [1.82, 2.24) is 0 Å². The first-order valence-corrected chi connectivity index (χ1v) is 2.87. The summed E-state index contributed by atoms with van der Waals surface area (Å²) in [5, 5.41) is 0. The zero-order valence-electron chi connectivity index (χ0n) is 4.80. The van der Waals surface area contributed by atoms with Gasteiger partial charge in [-0.3, -0.25) is 0 Å². The maximum atomic E-state index is 5.19. The molecule has 0 aromatic heterocycles. The number of hydrogen-bond acceptors (Lipinski definition) is 3. The maximum absolute atomic E-state index is 5.19. The fourth-order valence-corrected chi connectivity index (χ4v) is 0.498. The van der Waals surface area contributed by atoms with E-state index in [1.54, 1.807) is 0 Å². The molecular formula is C5H11NO2. The highest BCUT2D eigenvalue weighted by atomic mass is 16.6. The SMILES string of the molecule is NOCCOC1CC1. The van der Waals surface area contributed by atoms with Crippen molar-refractivity contribution in [1.29, 1.82) is 0 Å². The Labute approximate surface area is 48.7 Å². The van der Waals surface area contributed by atoms with Crippen LogP contribution in [0.15, 0.2) is 0 Å². The molecule has 8 heavy (non-hydrogen) atoms. The first-order valence-electron chi connectivity index (χ1n) is 2.87.